The third-order valence-corrected chi connectivity index (χ3v) is 6.06. The second kappa shape index (κ2) is 7.76. The first-order valence-electron chi connectivity index (χ1n) is 9.99. The fourth-order valence-corrected chi connectivity index (χ4v) is 4.23. The third-order valence-electron chi connectivity index (χ3n) is 5.12. The van der Waals surface area contributed by atoms with Gasteiger partial charge in [-0.25, -0.2) is 4.98 Å². The molecule has 1 N–H and O–H groups in total. The van der Waals surface area contributed by atoms with Crippen molar-refractivity contribution in [2.45, 2.75) is 20.3 Å². The Morgan fingerprint density at radius 2 is 1.83 bits per heavy atom. The van der Waals surface area contributed by atoms with E-state index in [1.54, 1.807) is 11.3 Å². The van der Waals surface area contributed by atoms with Gasteiger partial charge in [-0.1, -0.05) is 66.3 Å². The number of nitrogens with one attached hydrogen (secondary N) is 1. The van der Waals surface area contributed by atoms with Crippen LogP contribution in [0.2, 0.25) is 0 Å². The Bertz CT molecular complexity index is 1380. The third kappa shape index (κ3) is 3.60. The molecule has 30 heavy (non-hydrogen) atoms. The molecule has 0 aliphatic carbocycles. The Kier molecular flexibility index (Phi) is 4.81. The van der Waals surface area contributed by atoms with Gasteiger partial charge in [0.1, 0.15) is 11.3 Å². The van der Waals surface area contributed by atoms with Crippen molar-refractivity contribution < 1.29 is 4.42 Å². The van der Waals surface area contributed by atoms with Crippen LogP contribution in [0.25, 0.3) is 32.5 Å². The summed E-state index contributed by atoms with van der Waals surface area (Å²) in [6.07, 6.45) is 0.959. The average molecular weight is 412 g/mol. The lowest BCUT2D eigenvalue weighted by Gasteiger charge is -2.07. The van der Waals surface area contributed by atoms with Crippen molar-refractivity contribution >= 4 is 37.7 Å². The zero-order valence-corrected chi connectivity index (χ0v) is 17.7. The Labute approximate surface area is 178 Å². The molecule has 5 aromatic rings. The second-order valence-corrected chi connectivity index (χ2v) is 8.29. The van der Waals surface area contributed by atoms with Gasteiger partial charge >= 0.3 is 0 Å². The summed E-state index contributed by atoms with van der Waals surface area (Å²) in [6.45, 7) is 4.23. The van der Waals surface area contributed by atoms with Gasteiger partial charge in [-0.15, -0.1) is 0 Å². The number of aryl methyl sites for hydroxylation is 2. The molecule has 2 heterocycles. The van der Waals surface area contributed by atoms with Gasteiger partial charge in [0, 0.05) is 17.0 Å². The molecule has 0 aliphatic heterocycles. The molecule has 0 atom stereocenters. The van der Waals surface area contributed by atoms with Crippen LogP contribution >= 0.6 is 11.3 Å². The number of anilines is 1. The van der Waals surface area contributed by atoms with E-state index in [1.165, 1.54) is 11.1 Å². The van der Waals surface area contributed by atoms with Crippen LogP contribution in [0.5, 0.6) is 0 Å². The summed E-state index contributed by atoms with van der Waals surface area (Å²) < 4.78 is 7.36. The monoisotopic (exact) mass is 411 g/mol. The van der Waals surface area contributed by atoms with Gasteiger partial charge < -0.3 is 4.42 Å². The van der Waals surface area contributed by atoms with Crippen molar-refractivity contribution in [3.63, 3.8) is 0 Å². The van der Waals surface area contributed by atoms with Crippen LogP contribution in [0, 0.1) is 6.92 Å². The number of rotatable bonds is 4. The topological polar surface area (TPSA) is 50.4 Å². The number of hydrogen-bond acceptors (Lipinski definition) is 5. The molecule has 5 rings (SSSR count). The van der Waals surface area contributed by atoms with Crippen molar-refractivity contribution in [3.05, 3.63) is 89.3 Å². The first-order chi connectivity index (χ1) is 14.7. The molecular formula is C25H21N3OS. The predicted molar refractivity (Wildman–Crippen MR) is 125 cm³/mol. The molecule has 3 aromatic carbocycles. The van der Waals surface area contributed by atoms with Gasteiger partial charge in [-0.05, 0) is 43.2 Å². The van der Waals surface area contributed by atoms with Crippen molar-refractivity contribution in [2.75, 3.05) is 5.43 Å². The number of para-hydroxylation sites is 1. The fraction of sp³-hybridized carbons (Fsp3) is 0.120. The maximum Gasteiger partial charge on any atom is 0.204 e. The summed E-state index contributed by atoms with van der Waals surface area (Å²) >= 11 is 1.59. The van der Waals surface area contributed by atoms with Gasteiger partial charge in [0.05, 0.1) is 15.6 Å². The minimum Gasteiger partial charge on any atom is -0.456 e. The van der Waals surface area contributed by atoms with E-state index in [2.05, 4.69) is 66.7 Å². The highest BCUT2D eigenvalue weighted by atomic mass is 32.1. The number of fused-ring (bicyclic) bond motifs is 2. The molecule has 0 aliphatic rings. The average Bonchev–Trinajstić information content (AvgIpc) is 3.20. The van der Waals surface area contributed by atoms with E-state index in [4.69, 9.17) is 9.52 Å². The normalized spacial score (nSPS) is 12.0. The van der Waals surface area contributed by atoms with Crippen LogP contribution in [0.3, 0.4) is 0 Å². The summed E-state index contributed by atoms with van der Waals surface area (Å²) in [5.74, 6) is 0.789. The Hall–Kier alpha value is -3.44. The summed E-state index contributed by atoms with van der Waals surface area (Å²) in [6, 6.07) is 24.7. The van der Waals surface area contributed by atoms with Gasteiger partial charge in [-0.2, -0.15) is 5.10 Å². The summed E-state index contributed by atoms with van der Waals surface area (Å²) in [7, 11) is 0. The molecule has 0 fully saturated rings. The quantitative estimate of drug-likeness (QED) is 0.343. The number of benzene rings is 3. The van der Waals surface area contributed by atoms with Crippen LogP contribution in [-0.4, -0.2) is 4.98 Å². The summed E-state index contributed by atoms with van der Waals surface area (Å²) in [4.78, 5) is 4.62. The first kappa shape index (κ1) is 18.6. The smallest absolute Gasteiger partial charge is 0.204 e. The molecule has 148 valence electrons. The lowest BCUT2D eigenvalue weighted by molar-refractivity contribution is 0.618. The Morgan fingerprint density at radius 3 is 2.63 bits per heavy atom. The lowest BCUT2D eigenvalue weighted by Crippen LogP contribution is -2.07. The van der Waals surface area contributed by atoms with Gasteiger partial charge in [0.25, 0.3) is 0 Å². The lowest BCUT2D eigenvalue weighted by atomic mass is 10.1. The number of nitrogens with zero attached hydrogens (tertiary/aromatic N) is 2. The van der Waals surface area contributed by atoms with Crippen LogP contribution in [-0.2, 0) is 6.42 Å². The zero-order chi connectivity index (χ0) is 20.5. The molecule has 0 saturated carbocycles. The van der Waals surface area contributed by atoms with Crippen LogP contribution in [0.1, 0.15) is 18.1 Å². The van der Waals surface area contributed by atoms with E-state index in [0.717, 1.165) is 49.4 Å². The molecule has 0 bridgehead atoms. The summed E-state index contributed by atoms with van der Waals surface area (Å²) in [5, 5.41) is 7.31. The molecule has 0 radical (unpaired) electrons. The van der Waals surface area contributed by atoms with Gasteiger partial charge in [0.15, 0.2) is 0 Å². The van der Waals surface area contributed by atoms with Crippen LogP contribution in [0.4, 0.5) is 5.13 Å². The molecule has 4 nitrogen and oxygen atoms in total. The number of aromatic nitrogens is 1. The highest BCUT2D eigenvalue weighted by molar-refractivity contribution is 7.22. The standard InChI is InChI=1S/C25H21N3OS/c1-3-17-10-13-22-19(14-17)21(15-23(29-22)18-11-8-16(2)9-12-18)27-28-25-26-20-6-4-5-7-24(20)30-25/h4-15H,3H2,1-2H3,(H,26,28)/b27-21+. The van der Waals surface area contributed by atoms with Crippen molar-refractivity contribution in [1.82, 2.24) is 4.98 Å². The van der Waals surface area contributed by atoms with Crippen LogP contribution < -0.4 is 10.8 Å². The van der Waals surface area contributed by atoms with E-state index in [1.807, 2.05) is 30.3 Å². The molecule has 0 unspecified atom stereocenters. The number of hydrogen-bond donors (Lipinski definition) is 1. The highest BCUT2D eigenvalue weighted by Crippen LogP contribution is 2.26. The van der Waals surface area contributed by atoms with E-state index in [0.29, 0.717) is 0 Å². The van der Waals surface area contributed by atoms with E-state index < -0.39 is 0 Å². The zero-order valence-electron chi connectivity index (χ0n) is 16.8. The number of thiazole rings is 1. The minimum atomic E-state index is 0.772. The molecule has 0 saturated heterocycles. The van der Waals surface area contributed by atoms with E-state index >= 15 is 0 Å². The fourth-order valence-electron chi connectivity index (χ4n) is 3.42. The first-order valence-corrected chi connectivity index (χ1v) is 10.8. The molecule has 0 spiro atoms. The Morgan fingerprint density at radius 1 is 1.00 bits per heavy atom. The van der Waals surface area contributed by atoms with Crippen molar-refractivity contribution in [3.8, 4) is 11.3 Å². The summed E-state index contributed by atoms with van der Waals surface area (Å²) in [5.41, 5.74) is 8.44. The molecule has 5 heteroatoms. The predicted octanol–water partition coefficient (Wildman–Crippen LogP) is 6.51. The second-order valence-electron chi connectivity index (χ2n) is 7.26. The van der Waals surface area contributed by atoms with Crippen molar-refractivity contribution in [2.24, 2.45) is 5.10 Å². The largest absolute Gasteiger partial charge is 0.456 e. The maximum absolute atomic E-state index is 6.23. The van der Waals surface area contributed by atoms with Gasteiger partial charge in [-0.3, -0.25) is 5.43 Å². The molecule has 0 amide bonds. The van der Waals surface area contributed by atoms with E-state index in [9.17, 15) is 0 Å². The van der Waals surface area contributed by atoms with Gasteiger partial charge in [0.2, 0.25) is 5.13 Å². The van der Waals surface area contributed by atoms with Crippen LogP contribution in [0.15, 0.2) is 82.3 Å². The minimum absolute atomic E-state index is 0.772. The molecular weight excluding hydrogens is 390 g/mol. The maximum atomic E-state index is 6.23. The SMILES string of the molecule is CCc1ccc2oc(-c3ccc(C)cc3)c/c(=N\Nc3nc4ccccc4s3)c2c1. The van der Waals surface area contributed by atoms with Crippen molar-refractivity contribution in [1.29, 1.82) is 0 Å². The Balaban J connectivity index is 1.65. The molecule has 2 aromatic heterocycles. The highest BCUT2D eigenvalue weighted by Gasteiger charge is 2.08. The van der Waals surface area contributed by atoms with E-state index in [-0.39, 0.29) is 0 Å².